The minimum atomic E-state index is -0.553. The highest BCUT2D eigenvalue weighted by Crippen LogP contribution is 2.47. The standard InChI is InChI=1S/C27H22N2O5S/c1-17(30)28-19-10-11-20-18(14-27(32)34-23(20)15-19)16-33-26(31)12-13-29-21-6-2-4-8-24(21)35-25-9-5-3-7-22(25)29/h2-11,14-15H,12-13,16H2,1H3,(H,28,30). The van der Waals surface area contributed by atoms with Gasteiger partial charge in [0.2, 0.25) is 5.91 Å². The normalized spacial score (nSPS) is 12.1. The van der Waals surface area contributed by atoms with E-state index in [0.29, 0.717) is 28.8 Å². The number of esters is 1. The van der Waals surface area contributed by atoms with Gasteiger partial charge in [-0.25, -0.2) is 4.79 Å². The van der Waals surface area contributed by atoms with Crippen LogP contribution in [0, 0.1) is 0 Å². The Kier molecular flexibility index (Phi) is 6.29. The van der Waals surface area contributed by atoms with Crippen LogP contribution in [0.15, 0.2) is 91.8 Å². The monoisotopic (exact) mass is 486 g/mol. The van der Waals surface area contributed by atoms with Crippen molar-refractivity contribution in [2.24, 2.45) is 0 Å². The molecule has 0 fully saturated rings. The van der Waals surface area contributed by atoms with E-state index in [1.807, 2.05) is 36.4 Å². The fraction of sp³-hybridized carbons (Fsp3) is 0.148. The third kappa shape index (κ3) is 4.93. The van der Waals surface area contributed by atoms with Gasteiger partial charge in [-0.2, -0.15) is 0 Å². The van der Waals surface area contributed by atoms with Gasteiger partial charge < -0.3 is 19.4 Å². The van der Waals surface area contributed by atoms with Crippen molar-refractivity contribution in [3.8, 4) is 0 Å². The largest absolute Gasteiger partial charge is 0.461 e. The van der Waals surface area contributed by atoms with Crippen molar-refractivity contribution in [1.82, 2.24) is 0 Å². The quantitative estimate of drug-likeness (QED) is 0.285. The topological polar surface area (TPSA) is 88.9 Å². The van der Waals surface area contributed by atoms with Gasteiger partial charge in [0, 0.05) is 52.0 Å². The maximum atomic E-state index is 12.7. The van der Waals surface area contributed by atoms with Crippen LogP contribution in [0.5, 0.6) is 0 Å². The smallest absolute Gasteiger partial charge is 0.336 e. The molecule has 0 unspecified atom stereocenters. The Bertz CT molecular complexity index is 1450. The summed E-state index contributed by atoms with van der Waals surface area (Å²) in [6.45, 7) is 1.81. The van der Waals surface area contributed by atoms with E-state index in [4.69, 9.17) is 9.15 Å². The number of hydrogen-bond donors (Lipinski definition) is 1. The Labute approximate surface area is 205 Å². The van der Waals surface area contributed by atoms with Gasteiger partial charge in [-0.05, 0) is 36.4 Å². The third-order valence-electron chi connectivity index (χ3n) is 5.61. The van der Waals surface area contributed by atoms with Gasteiger partial charge in [-0.1, -0.05) is 36.0 Å². The molecule has 0 bridgehead atoms. The van der Waals surface area contributed by atoms with Crippen molar-refractivity contribution in [2.75, 3.05) is 16.8 Å². The third-order valence-corrected chi connectivity index (χ3v) is 6.74. The summed E-state index contributed by atoms with van der Waals surface area (Å²) >= 11 is 1.72. The first-order valence-electron chi connectivity index (χ1n) is 11.1. The lowest BCUT2D eigenvalue weighted by Crippen LogP contribution is -2.24. The number of fused-ring (bicyclic) bond motifs is 3. The summed E-state index contributed by atoms with van der Waals surface area (Å²) < 4.78 is 10.8. The number of carbonyl (C=O) groups excluding carboxylic acids is 2. The fourth-order valence-electron chi connectivity index (χ4n) is 4.09. The molecule has 7 nitrogen and oxygen atoms in total. The van der Waals surface area contributed by atoms with Crippen LogP contribution >= 0.6 is 11.8 Å². The molecule has 0 aliphatic carbocycles. The molecule has 1 aliphatic rings. The summed E-state index contributed by atoms with van der Waals surface area (Å²) in [5.41, 5.74) is 2.94. The molecule has 0 spiro atoms. The summed E-state index contributed by atoms with van der Waals surface area (Å²) in [4.78, 5) is 40.4. The van der Waals surface area contributed by atoms with E-state index in [-0.39, 0.29) is 24.9 Å². The molecule has 3 aromatic carbocycles. The highest BCUT2D eigenvalue weighted by atomic mass is 32.2. The van der Waals surface area contributed by atoms with Gasteiger partial charge in [0.05, 0.1) is 17.8 Å². The molecule has 1 aliphatic heterocycles. The second-order valence-corrected chi connectivity index (χ2v) is 9.17. The molecule has 5 rings (SSSR count). The summed E-state index contributed by atoms with van der Waals surface area (Å²) in [7, 11) is 0. The zero-order valence-corrected chi connectivity index (χ0v) is 19.8. The average molecular weight is 487 g/mol. The number of rotatable bonds is 6. The molecule has 0 atom stereocenters. The number of ether oxygens (including phenoxy) is 1. The Balaban J connectivity index is 1.29. The number of carbonyl (C=O) groups is 2. The Morgan fingerprint density at radius 1 is 0.971 bits per heavy atom. The molecule has 0 saturated heterocycles. The molecule has 2 heterocycles. The van der Waals surface area contributed by atoms with Gasteiger partial charge in [-0.3, -0.25) is 9.59 Å². The number of hydrogen-bond acceptors (Lipinski definition) is 7. The van der Waals surface area contributed by atoms with Crippen LogP contribution in [-0.2, 0) is 20.9 Å². The highest BCUT2D eigenvalue weighted by Gasteiger charge is 2.23. The first-order valence-corrected chi connectivity index (χ1v) is 11.9. The number of amides is 1. The van der Waals surface area contributed by atoms with E-state index in [1.165, 1.54) is 13.0 Å². The number of para-hydroxylation sites is 2. The predicted molar refractivity (Wildman–Crippen MR) is 135 cm³/mol. The number of benzene rings is 3. The van der Waals surface area contributed by atoms with Crippen molar-refractivity contribution in [2.45, 2.75) is 29.7 Å². The molecule has 0 radical (unpaired) electrons. The predicted octanol–water partition coefficient (Wildman–Crippen LogP) is 5.49. The van der Waals surface area contributed by atoms with Crippen LogP contribution in [0.1, 0.15) is 18.9 Å². The first-order chi connectivity index (χ1) is 17.0. The molecule has 35 heavy (non-hydrogen) atoms. The van der Waals surface area contributed by atoms with Crippen LogP contribution in [0.25, 0.3) is 11.0 Å². The zero-order valence-electron chi connectivity index (χ0n) is 18.9. The van der Waals surface area contributed by atoms with E-state index in [2.05, 4.69) is 22.3 Å². The number of nitrogens with one attached hydrogen (secondary N) is 1. The second kappa shape index (κ2) is 9.68. The van der Waals surface area contributed by atoms with Gasteiger partial charge in [-0.15, -0.1) is 0 Å². The lowest BCUT2D eigenvalue weighted by atomic mass is 10.1. The zero-order chi connectivity index (χ0) is 24.4. The van der Waals surface area contributed by atoms with Gasteiger partial charge in [0.1, 0.15) is 12.2 Å². The Morgan fingerprint density at radius 2 is 1.66 bits per heavy atom. The van der Waals surface area contributed by atoms with Gasteiger partial charge in [0.15, 0.2) is 0 Å². The van der Waals surface area contributed by atoms with Crippen LogP contribution < -0.4 is 15.8 Å². The van der Waals surface area contributed by atoms with Crippen LogP contribution in [-0.4, -0.2) is 18.4 Å². The second-order valence-electron chi connectivity index (χ2n) is 8.08. The summed E-state index contributed by atoms with van der Waals surface area (Å²) in [6.07, 6.45) is 0.180. The maximum Gasteiger partial charge on any atom is 0.336 e. The molecule has 1 N–H and O–H groups in total. The van der Waals surface area contributed by atoms with Crippen LogP contribution in [0.2, 0.25) is 0 Å². The van der Waals surface area contributed by atoms with Crippen molar-refractivity contribution in [1.29, 1.82) is 0 Å². The van der Waals surface area contributed by atoms with Gasteiger partial charge in [0.25, 0.3) is 0 Å². The molecule has 1 aromatic heterocycles. The molecular formula is C27H22N2O5S. The first kappa shape index (κ1) is 22.7. The SMILES string of the molecule is CC(=O)Nc1ccc2c(COC(=O)CCN3c4ccccc4Sc4ccccc43)cc(=O)oc2c1. The van der Waals surface area contributed by atoms with E-state index in [0.717, 1.165) is 21.2 Å². The highest BCUT2D eigenvalue weighted by molar-refractivity contribution is 7.99. The Hall–Kier alpha value is -4.04. The molecule has 176 valence electrons. The molecule has 4 aromatic rings. The van der Waals surface area contributed by atoms with Gasteiger partial charge >= 0.3 is 11.6 Å². The Morgan fingerprint density at radius 3 is 2.34 bits per heavy atom. The summed E-state index contributed by atoms with van der Waals surface area (Å²) in [5, 5.41) is 3.30. The lowest BCUT2D eigenvalue weighted by molar-refractivity contribution is -0.144. The number of nitrogens with zero attached hydrogens (tertiary/aromatic N) is 1. The van der Waals surface area contributed by atoms with E-state index in [9.17, 15) is 14.4 Å². The minimum absolute atomic E-state index is 0.0521. The van der Waals surface area contributed by atoms with Crippen molar-refractivity contribution >= 4 is 51.7 Å². The average Bonchev–Trinajstić information content (AvgIpc) is 2.84. The maximum absolute atomic E-state index is 12.7. The van der Waals surface area contributed by atoms with E-state index in [1.54, 1.807) is 30.0 Å². The minimum Gasteiger partial charge on any atom is -0.461 e. The van der Waals surface area contributed by atoms with Crippen molar-refractivity contribution in [3.63, 3.8) is 0 Å². The molecule has 8 heteroatoms. The molecule has 1 amide bonds. The van der Waals surface area contributed by atoms with Crippen LogP contribution in [0.4, 0.5) is 17.1 Å². The summed E-state index contributed by atoms with van der Waals surface area (Å²) in [5.74, 6) is -0.594. The lowest BCUT2D eigenvalue weighted by Gasteiger charge is -2.32. The van der Waals surface area contributed by atoms with E-state index >= 15 is 0 Å². The van der Waals surface area contributed by atoms with Crippen molar-refractivity contribution in [3.05, 3.63) is 88.8 Å². The summed E-state index contributed by atoms with van der Waals surface area (Å²) in [6, 6.07) is 22.6. The van der Waals surface area contributed by atoms with Crippen molar-refractivity contribution < 1.29 is 18.7 Å². The molecular weight excluding hydrogens is 464 g/mol. The van der Waals surface area contributed by atoms with Crippen LogP contribution in [0.3, 0.4) is 0 Å². The van der Waals surface area contributed by atoms with E-state index < -0.39 is 5.63 Å². The number of anilines is 3. The molecule has 0 saturated carbocycles. The fourth-order valence-corrected chi connectivity index (χ4v) is 5.18.